The van der Waals surface area contributed by atoms with Gasteiger partial charge in [-0.3, -0.25) is 4.68 Å². The number of anilines is 1. The molecule has 3 rings (SSSR count). The van der Waals surface area contributed by atoms with E-state index in [1.165, 1.54) is 5.56 Å². The van der Waals surface area contributed by atoms with Crippen LogP contribution in [0.4, 0.5) is 5.82 Å². The molecule has 19 heavy (non-hydrogen) atoms. The molecule has 2 heterocycles. The van der Waals surface area contributed by atoms with Gasteiger partial charge in [-0.05, 0) is 18.6 Å². The van der Waals surface area contributed by atoms with E-state index in [1.807, 2.05) is 31.4 Å². The van der Waals surface area contributed by atoms with Crippen molar-refractivity contribution in [2.45, 2.75) is 6.92 Å². The molecule has 0 aliphatic carbocycles. The van der Waals surface area contributed by atoms with Crippen LogP contribution in [0.25, 0.3) is 22.2 Å². The number of aromatic nitrogens is 3. The van der Waals surface area contributed by atoms with E-state index in [0.29, 0.717) is 5.82 Å². The molecule has 98 valence electrons. The molecule has 3 N–H and O–H groups in total. The SMILES string of the molecule is COc1ccc(C)c2c(-c3cc(N)n(C)n3)c[nH]c12. The summed E-state index contributed by atoms with van der Waals surface area (Å²) in [5.41, 5.74) is 9.92. The fourth-order valence-electron chi connectivity index (χ4n) is 2.38. The lowest BCUT2D eigenvalue weighted by atomic mass is 10.0. The van der Waals surface area contributed by atoms with Gasteiger partial charge >= 0.3 is 0 Å². The highest BCUT2D eigenvalue weighted by atomic mass is 16.5. The molecule has 0 spiro atoms. The zero-order chi connectivity index (χ0) is 13.6. The van der Waals surface area contributed by atoms with Crippen LogP contribution < -0.4 is 10.5 Å². The van der Waals surface area contributed by atoms with E-state index in [0.717, 1.165) is 27.9 Å². The van der Waals surface area contributed by atoms with Gasteiger partial charge < -0.3 is 15.5 Å². The number of nitrogens with zero attached hydrogens (tertiary/aromatic N) is 2. The number of H-pyrrole nitrogens is 1. The minimum Gasteiger partial charge on any atom is -0.495 e. The Balaban J connectivity index is 2.31. The number of aromatic amines is 1. The van der Waals surface area contributed by atoms with Crippen LogP contribution in [-0.4, -0.2) is 21.9 Å². The normalized spacial score (nSPS) is 11.1. The smallest absolute Gasteiger partial charge is 0.142 e. The predicted octanol–water partition coefficient (Wildman–Crippen LogP) is 2.47. The number of nitrogens with one attached hydrogen (secondary N) is 1. The quantitative estimate of drug-likeness (QED) is 0.740. The van der Waals surface area contributed by atoms with Gasteiger partial charge in [-0.15, -0.1) is 0 Å². The van der Waals surface area contributed by atoms with Gasteiger partial charge in [-0.1, -0.05) is 6.07 Å². The van der Waals surface area contributed by atoms with Crippen molar-refractivity contribution in [1.82, 2.24) is 14.8 Å². The summed E-state index contributed by atoms with van der Waals surface area (Å²) in [5.74, 6) is 1.47. The predicted molar refractivity (Wildman–Crippen MR) is 76.2 cm³/mol. The Labute approximate surface area is 111 Å². The highest BCUT2D eigenvalue weighted by molar-refractivity contribution is 6.00. The second-order valence-electron chi connectivity index (χ2n) is 4.62. The molecule has 0 aliphatic heterocycles. The van der Waals surface area contributed by atoms with Gasteiger partial charge in [0, 0.05) is 30.3 Å². The van der Waals surface area contributed by atoms with Crippen LogP contribution in [0.3, 0.4) is 0 Å². The molecule has 0 bridgehead atoms. The fraction of sp³-hybridized carbons (Fsp3) is 0.214. The van der Waals surface area contributed by atoms with Crippen molar-refractivity contribution in [2.75, 3.05) is 12.8 Å². The molecule has 5 nitrogen and oxygen atoms in total. The lowest BCUT2D eigenvalue weighted by Gasteiger charge is -2.04. The number of fused-ring (bicyclic) bond motifs is 1. The fourth-order valence-corrected chi connectivity index (χ4v) is 2.38. The molecular weight excluding hydrogens is 240 g/mol. The Morgan fingerprint density at radius 3 is 2.79 bits per heavy atom. The van der Waals surface area contributed by atoms with Crippen LogP contribution >= 0.6 is 0 Å². The van der Waals surface area contributed by atoms with Gasteiger partial charge in [-0.2, -0.15) is 5.10 Å². The molecule has 2 aromatic heterocycles. The molecule has 3 aromatic rings. The Morgan fingerprint density at radius 1 is 1.37 bits per heavy atom. The first-order valence-electron chi connectivity index (χ1n) is 6.06. The number of methoxy groups -OCH3 is 1. The Bertz CT molecular complexity index is 735. The van der Waals surface area contributed by atoms with Crippen LogP contribution in [-0.2, 0) is 7.05 Å². The van der Waals surface area contributed by atoms with Gasteiger partial charge in [0.15, 0.2) is 0 Å². The molecule has 0 aliphatic rings. The van der Waals surface area contributed by atoms with Gasteiger partial charge in [0.05, 0.1) is 18.3 Å². The van der Waals surface area contributed by atoms with Gasteiger partial charge in [0.2, 0.25) is 0 Å². The minimum atomic E-state index is 0.643. The van der Waals surface area contributed by atoms with Crippen molar-refractivity contribution in [1.29, 1.82) is 0 Å². The van der Waals surface area contributed by atoms with Crippen LogP contribution in [0.15, 0.2) is 24.4 Å². The monoisotopic (exact) mass is 256 g/mol. The summed E-state index contributed by atoms with van der Waals surface area (Å²) in [4.78, 5) is 3.26. The third kappa shape index (κ3) is 1.66. The third-order valence-corrected chi connectivity index (χ3v) is 3.42. The Hall–Kier alpha value is -2.43. The van der Waals surface area contributed by atoms with Crippen molar-refractivity contribution in [3.8, 4) is 17.0 Å². The maximum absolute atomic E-state index is 5.85. The highest BCUT2D eigenvalue weighted by Gasteiger charge is 2.14. The number of nitrogen functional groups attached to an aromatic ring is 1. The molecule has 0 fully saturated rings. The minimum absolute atomic E-state index is 0.643. The summed E-state index contributed by atoms with van der Waals surface area (Å²) >= 11 is 0. The van der Waals surface area contributed by atoms with Crippen molar-refractivity contribution < 1.29 is 4.74 Å². The van der Waals surface area contributed by atoms with Crippen LogP contribution in [0, 0.1) is 6.92 Å². The summed E-state index contributed by atoms with van der Waals surface area (Å²) in [7, 11) is 3.50. The molecular formula is C14H16N4O. The van der Waals surface area contributed by atoms with Crippen molar-refractivity contribution in [2.24, 2.45) is 7.05 Å². The number of nitrogens with two attached hydrogens (primary N) is 1. The zero-order valence-electron chi connectivity index (χ0n) is 11.2. The first kappa shape index (κ1) is 11.6. The van der Waals surface area contributed by atoms with Gasteiger partial charge in [0.25, 0.3) is 0 Å². The van der Waals surface area contributed by atoms with E-state index in [9.17, 15) is 0 Å². The van der Waals surface area contributed by atoms with E-state index in [2.05, 4.69) is 17.0 Å². The van der Waals surface area contributed by atoms with Gasteiger partial charge in [-0.25, -0.2) is 0 Å². The Morgan fingerprint density at radius 2 is 2.16 bits per heavy atom. The first-order chi connectivity index (χ1) is 9.11. The van der Waals surface area contributed by atoms with Crippen molar-refractivity contribution in [3.63, 3.8) is 0 Å². The van der Waals surface area contributed by atoms with Crippen LogP contribution in [0.1, 0.15) is 5.56 Å². The highest BCUT2D eigenvalue weighted by Crippen LogP contribution is 2.35. The average molecular weight is 256 g/mol. The summed E-state index contributed by atoms with van der Waals surface area (Å²) in [6.45, 7) is 2.07. The van der Waals surface area contributed by atoms with E-state index in [-0.39, 0.29) is 0 Å². The van der Waals surface area contributed by atoms with E-state index in [4.69, 9.17) is 10.5 Å². The molecule has 1 aromatic carbocycles. The summed E-state index contributed by atoms with van der Waals surface area (Å²) in [6, 6.07) is 5.89. The maximum atomic E-state index is 5.85. The van der Waals surface area contributed by atoms with Crippen molar-refractivity contribution in [3.05, 3.63) is 30.0 Å². The topological polar surface area (TPSA) is 68.9 Å². The molecule has 0 unspecified atom stereocenters. The van der Waals surface area contributed by atoms with Crippen LogP contribution in [0.5, 0.6) is 5.75 Å². The molecule has 0 atom stereocenters. The van der Waals surface area contributed by atoms with Crippen LogP contribution in [0.2, 0.25) is 0 Å². The molecule has 0 saturated heterocycles. The average Bonchev–Trinajstić information content (AvgIpc) is 2.96. The number of ether oxygens (including phenoxy) is 1. The number of aryl methyl sites for hydroxylation is 2. The largest absolute Gasteiger partial charge is 0.495 e. The summed E-state index contributed by atoms with van der Waals surface area (Å²) in [6.07, 6.45) is 1.95. The second-order valence-corrected chi connectivity index (χ2v) is 4.62. The molecule has 5 heteroatoms. The van der Waals surface area contributed by atoms with Gasteiger partial charge in [0.1, 0.15) is 11.6 Å². The standard InChI is InChI=1S/C14H16N4O/c1-8-4-5-11(19-3)14-13(8)9(7-16-14)10-6-12(15)18(2)17-10/h4-7,16H,15H2,1-3H3. The number of hydrogen-bond donors (Lipinski definition) is 2. The number of benzene rings is 1. The van der Waals surface area contributed by atoms with E-state index >= 15 is 0 Å². The summed E-state index contributed by atoms with van der Waals surface area (Å²) < 4.78 is 7.05. The number of hydrogen-bond acceptors (Lipinski definition) is 3. The Kier molecular flexibility index (Phi) is 2.48. The lowest BCUT2D eigenvalue weighted by molar-refractivity contribution is 0.419. The maximum Gasteiger partial charge on any atom is 0.142 e. The second kappa shape index (κ2) is 4.05. The molecule has 0 amide bonds. The zero-order valence-corrected chi connectivity index (χ0v) is 11.2. The molecule has 0 saturated carbocycles. The summed E-state index contributed by atoms with van der Waals surface area (Å²) in [5, 5.41) is 5.55. The first-order valence-corrected chi connectivity index (χ1v) is 6.06. The number of rotatable bonds is 2. The van der Waals surface area contributed by atoms with Crippen molar-refractivity contribution >= 4 is 16.7 Å². The van der Waals surface area contributed by atoms with E-state index < -0.39 is 0 Å². The van der Waals surface area contributed by atoms with E-state index in [1.54, 1.807) is 11.8 Å². The third-order valence-electron chi connectivity index (χ3n) is 3.42. The lowest BCUT2D eigenvalue weighted by Crippen LogP contribution is -1.96. The molecule has 0 radical (unpaired) electrons.